The van der Waals surface area contributed by atoms with Crippen molar-refractivity contribution in [2.24, 2.45) is 0 Å². The lowest BCUT2D eigenvalue weighted by Crippen LogP contribution is -2.29. The monoisotopic (exact) mass is 264 g/mol. The van der Waals surface area contributed by atoms with E-state index in [-0.39, 0.29) is 17.3 Å². The summed E-state index contributed by atoms with van der Waals surface area (Å²) < 4.78 is 25.2. The van der Waals surface area contributed by atoms with E-state index >= 15 is 0 Å². The van der Waals surface area contributed by atoms with E-state index in [9.17, 15) is 18.6 Å². The van der Waals surface area contributed by atoms with Gasteiger partial charge in [-0.2, -0.15) is 4.31 Å². The molecule has 8 heteroatoms. The van der Waals surface area contributed by atoms with E-state index in [2.05, 4.69) is 4.98 Å². The quantitative estimate of drug-likeness (QED) is 0.728. The van der Waals surface area contributed by atoms with Crippen molar-refractivity contribution in [1.29, 1.82) is 0 Å². The molecule has 1 fully saturated rings. The number of β-amino-alcohol motifs (C(OH)–C–C–N with tert-alkyl or cyclic N) is 2. The molecule has 1 aliphatic rings. The first-order valence-electron chi connectivity index (χ1n) is 4.70. The predicted molar refractivity (Wildman–Crippen MR) is 57.6 cm³/mol. The third-order valence-electron chi connectivity index (χ3n) is 2.42. The lowest BCUT2D eigenvalue weighted by atomic mass is 10.3. The van der Waals surface area contributed by atoms with Crippen LogP contribution in [0.5, 0.6) is 0 Å². The van der Waals surface area contributed by atoms with Crippen LogP contribution in [0.25, 0.3) is 0 Å². The molecule has 6 nitrogen and oxygen atoms in total. The van der Waals surface area contributed by atoms with Crippen molar-refractivity contribution in [2.75, 3.05) is 13.1 Å². The molecule has 1 aromatic heterocycles. The number of aliphatic hydroxyl groups excluding tert-OH is 2. The molecule has 2 heterocycles. The van der Waals surface area contributed by atoms with Gasteiger partial charge in [-0.25, -0.2) is 13.4 Å². The van der Waals surface area contributed by atoms with Gasteiger partial charge in [0.1, 0.15) is 0 Å². The molecule has 2 unspecified atom stereocenters. The molecular formula is C8H12N2O4S2. The van der Waals surface area contributed by atoms with Crippen LogP contribution in [0, 0.1) is 6.92 Å². The summed E-state index contributed by atoms with van der Waals surface area (Å²) in [6, 6.07) is 0. The van der Waals surface area contributed by atoms with E-state index in [0.29, 0.717) is 5.01 Å². The van der Waals surface area contributed by atoms with Gasteiger partial charge in [0.25, 0.3) is 10.0 Å². The van der Waals surface area contributed by atoms with Gasteiger partial charge in [0, 0.05) is 13.1 Å². The number of thiazole rings is 1. The van der Waals surface area contributed by atoms with Crippen molar-refractivity contribution in [3.63, 3.8) is 0 Å². The molecule has 1 aromatic rings. The number of nitrogens with zero attached hydrogens (tertiary/aromatic N) is 2. The zero-order chi connectivity index (χ0) is 11.9. The average Bonchev–Trinajstić information content (AvgIpc) is 2.75. The fourth-order valence-corrected chi connectivity index (χ4v) is 4.26. The Kier molecular flexibility index (Phi) is 3.01. The number of rotatable bonds is 2. The fraction of sp³-hybridized carbons (Fsp3) is 0.625. The molecule has 16 heavy (non-hydrogen) atoms. The number of sulfonamides is 1. The lowest BCUT2D eigenvalue weighted by molar-refractivity contribution is 0.0572. The van der Waals surface area contributed by atoms with E-state index in [0.717, 1.165) is 15.6 Å². The van der Waals surface area contributed by atoms with E-state index in [1.54, 1.807) is 6.92 Å². The van der Waals surface area contributed by atoms with Crippen LogP contribution >= 0.6 is 11.3 Å². The highest BCUT2D eigenvalue weighted by Crippen LogP contribution is 2.25. The maximum Gasteiger partial charge on any atom is 0.254 e. The zero-order valence-electron chi connectivity index (χ0n) is 8.57. The third kappa shape index (κ3) is 1.98. The number of aryl methyl sites for hydroxylation is 1. The summed E-state index contributed by atoms with van der Waals surface area (Å²) in [6.07, 6.45) is -0.723. The molecule has 0 aromatic carbocycles. The Bertz CT molecular complexity index is 474. The highest BCUT2D eigenvalue weighted by atomic mass is 32.2. The van der Waals surface area contributed by atoms with Crippen LogP contribution < -0.4 is 0 Å². The molecule has 0 spiro atoms. The normalized spacial score (nSPS) is 27.4. The van der Waals surface area contributed by atoms with E-state index < -0.39 is 22.2 Å². The number of aliphatic hydroxyl groups is 2. The Balaban J connectivity index is 2.27. The predicted octanol–water partition coefficient (Wildman–Crippen LogP) is -0.822. The Morgan fingerprint density at radius 3 is 2.44 bits per heavy atom. The van der Waals surface area contributed by atoms with Gasteiger partial charge in [-0.3, -0.25) is 0 Å². The zero-order valence-corrected chi connectivity index (χ0v) is 10.2. The van der Waals surface area contributed by atoms with Gasteiger partial charge < -0.3 is 10.2 Å². The molecule has 0 amide bonds. The largest absolute Gasteiger partial charge is 0.389 e. The molecule has 2 atom stereocenters. The van der Waals surface area contributed by atoms with Gasteiger partial charge in [-0.15, -0.1) is 11.3 Å². The van der Waals surface area contributed by atoms with Crippen LogP contribution in [0.15, 0.2) is 10.4 Å². The van der Waals surface area contributed by atoms with E-state index in [4.69, 9.17) is 0 Å². The standard InChI is InChI=1S/C8H12N2O4S2/c1-5-9-2-8(15-5)16(13,14)10-3-6(11)7(12)4-10/h2,6-7,11-12H,3-4H2,1H3. The maximum atomic E-state index is 12.0. The minimum absolute atomic E-state index is 0.0690. The Morgan fingerprint density at radius 2 is 2.00 bits per heavy atom. The van der Waals surface area contributed by atoms with Gasteiger partial charge >= 0.3 is 0 Å². The second-order valence-corrected chi connectivity index (χ2v) is 7.05. The molecule has 0 bridgehead atoms. The van der Waals surface area contributed by atoms with Crippen LogP contribution in [-0.2, 0) is 10.0 Å². The van der Waals surface area contributed by atoms with Crippen molar-refractivity contribution in [3.05, 3.63) is 11.2 Å². The van der Waals surface area contributed by atoms with Crippen molar-refractivity contribution in [3.8, 4) is 0 Å². The minimum Gasteiger partial charge on any atom is -0.389 e. The topological polar surface area (TPSA) is 90.7 Å². The first-order valence-corrected chi connectivity index (χ1v) is 6.95. The molecule has 90 valence electrons. The molecule has 0 aliphatic carbocycles. The Labute approximate surface area is 97.2 Å². The van der Waals surface area contributed by atoms with Crippen LogP contribution in [0.4, 0.5) is 0 Å². The Morgan fingerprint density at radius 1 is 1.44 bits per heavy atom. The summed E-state index contributed by atoms with van der Waals surface area (Å²) in [5.74, 6) is 0. The second kappa shape index (κ2) is 4.04. The molecule has 2 N–H and O–H groups in total. The van der Waals surface area contributed by atoms with Crippen LogP contribution in [0.1, 0.15) is 5.01 Å². The number of hydrogen-bond acceptors (Lipinski definition) is 6. The van der Waals surface area contributed by atoms with Gasteiger partial charge in [0.15, 0.2) is 4.21 Å². The summed E-state index contributed by atoms with van der Waals surface area (Å²) in [7, 11) is -3.61. The first-order chi connectivity index (χ1) is 7.41. The summed E-state index contributed by atoms with van der Waals surface area (Å²) in [5, 5.41) is 19.3. The van der Waals surface area contributed by atoms with Gasteiger partial charge in [0.2, 0.25) is 0 Å². The number of aromatic nitrogens is 1. The SMILES string of the molecule is Cc1ncc(S(=O)(=O)N2CC(O)C(O)C2)s1. The summed E-state index contributed by atoms with van der Waals surface area (Å²) in [6.45, 7) is 1.58. The maximum absolute atomic E-state index is 12.0. The van der Waals surface area contributed by atoms with Crippen molar-refractivity contribution < 1.29 is 18.6 Å². The van der Waals surface area contributed by atoms with Crippen LogP contribution in [0.2, 0.25) is 0 Å². The van der Waals surface area contributed by atoms with Crippen LogP contribution in [-0.4, -0.2) is 53.2 Å². The van der Waals surface area contributed by atoms with Crippen molar-refractivity contribution in [2.45, 2.75) is 23.3 Å². The van der Waals surface area contributed by atoms with Gasteiger partial charge in [-0.05, 0) is 6.92 Å². The summed E-state index contributed by atoms with van der Waals surface area (Å²) in [4.78, 5) is 3.88. The van der Waals surface area contributed by atoms with E-state index in [1.807, 2.05) is 0 Å². The number of hydrogen-bond donors (Lipinski definition) is 2. The summed E-state index contributed by atoms with van der Waals surface area (Å²) in [5.41, 5.74) is 0. The molecule has 1 aliphatic heterocycles. The Hall–Kier alpha value is -0.540. The average molecular weight is 264 g/mol. The third-order valence-corrected chi connectivity index (χ3v) is 5.60. The highest BCUT2D eigenvalue weighted by molar-refractivity contribution is 7.91. The second-order valence-electron chi connectivity index (χ2n) is 3.66. The first kappa shape index (κ1) is 11.9. The minimum atomic E-state index is -3.61. The smallest absolute Gasteiger partial charge is 0.254 e. The lowest BCUT2D eigenvalue weighted by Gasteiger charge is -2.13. The molecule has 0 radical (unpaired) electrons. The van der Waals surface area contributed by atoms with Gasteiger partial charge in [0.05, 0.1) is 23.4 Å². The molecule has 0 saturated carbocycles. The highest BCUT2D eigenvalue weighted by Gasteiger charge is 2.38. The fourth-order valence-electron chi connectivity index (χ4n) is 1.52. The molecule has 1 saturated heterocycles. The van der Waals surface area contributed by atoms with Gasteiger partial charge in [-0.1, -0.05) is 0 Å². The van der Waals surface area contributed by atoms with Crippen molar-refractivity contribution in [1.82, 2.24) is 9.29 Å². The molecule has 2 rings (SSSR count). The molecular weight excluding hydrogens is 252 g/mol. The summed E-state index contributed by atoms with van der Waals surface area (Å²) >= 11 is 1.08. The van der Waals surface area contributed by atoms with Crippen molar-refractivity contribution >= 4 is 21.4 Å². The van der Waals surface area contributed by atoms with Crippen LogP contribution in [0.3, 0.4) is 0 Å². The van der Waals surface area contributed by atoms with E-state index in [1.165, 1.54) is 6.20 Å².